The van der Waals surface area contributed by atoms with Crippen LogP contribution in [0.25, 0.3) is 0 Å². The van der Waals surface area contributed by atoms with E-state index in [2.05, 4.69) is 65.0 Å². The summed E-state index contributed by atoms with van der Waals surface area (Å²) in [5.41, 5.74) is 3.64. The molecule has 0 bridgehead atoms. The topological polar surface area (TPSA) is 64.1 Å². The lowest BCUT2D eigenvalue weighted by atomic mass is 10.1. The molecule has 0 saturated carbocycles. The highest BCUT2D eigenvalue weighted by molar-refractivity contribution is 5.79. The van der Waals surface area contributed by atoms with Crippen molar-refractivity contribution in [3.8, 4) is 5.75 Å². The minimum Gasteiger partial charge on any atom is -0.488 e. The maximum absolute atomic E-state index is 6.19. The van der Waals surface area contributed by atoms with Gasteiger partial charge in [0, 0.05) is 38.7 Å². The molecule has 2 aromatic rings. The molecule has 0 spiro atoms. The van der Waals surface area contributed by atoms with E-state index >= 15 is 0 Å². The molecule has 2 aromatic carbocycles. The molecule has 0 amide bonds. The zero-order valence-corrected chi connectivity index (χ0v) is 19.4. The molecule has 1 fully saturated rings. The van der Waals surface area contributed by atoms with E-state index in [0.717, 1.165) is 69.3 Å². The molecular weight excluding hydrogens is 402 g/mol. The zero-order valence-electron chi connectivity index (χ0n) is 19.4. The highest BCUT2D eigenvalue weighted by atomic mass is 16.5. The Kier molecular flexibility index (Phi) is 10.4. The minimum absolute atomic E-state index is 0.142. The van der Waals surface area contributed by atoms with Crippen LogP contribution in [0.15, 0.2) is 53.5 Å². The summed E-state index contributed by atoms with van der Waals surface area (Å²) in [6, 6.07) is 16.8. The predicted octanol–water partition coefficient (Wildman–Crippen LogP) is 3.87. The van der Waals surface area contributed by atoms with Crippen LogP contribution >= 0.6 is 0 Å². The zero-order chi connectivity index (χ0) is 22.4. The van der Waals surface area contributed by atoms with E-state index < -0.39 is 0 Å². The number of guanidine groups is 1. The van der Waals surface area contributed by atoms with Gasteiger partial charge in [0.2, 0.25) is 0 Å². The SMILES string of the molecule is CN=C(NCCCCOCCc1ccccc1)NCc1ccc(C)cc1OC1CCOC1. The lowest BCUT2D eigenvalue weighted by Gasteiger charge is -2.18. The van der Waals surface area contributed by atoms with Crippen LogP contribution < -0.4 is 15.4 Å². The summed E-state index contributed by atoms with van der Waals surface area (Å²) in [5, 5.41) is 6.78. The molecule has 0 aromatic heterocycles. The molecule has 1 heterocycles. The number of hydrogen-bond acceptors (Lipinski definition) is 4. The molecule has 6 nitrogen and oxygen atoms in total. The number of hydrogen-bond donors (Lipinski definition) is 2. The van der Waals surface area contributed by atoms with E-state index in [4.69, 9.17) is 14.2 Å². The van der Waals surface area contributed by atoms with E-state index in [1.165, 1.54) is 11.1 Å². The summed E-state index contributed by atoms with van der Waals surface area (Å²) in [6.45, 7) is 6.60. The Morgan fingerprint density at radius 1 is 1.09 bits per heavy atom. The summed E-state index contributed by atoms with van der Waals surface area (Å²) in [5.74, 6) is 1.72. The third-order valence-electron chi connectivity index (χ3n) is 5.46. The van der Waals surface area contributed by atoms with Crippen LogP contribution in [0.5, 0.6) is 5.75 Å². The Morgan fingerprint density at radius 3 is 2.75 bits per heavy atom. The van der Waals surface area contributed by atoms with E-state index in [0.29, 0.717) is 13.2 Å². The summed E-state index contributed by atoms with van der Waals surface area (Å²) >= 11 is 0. The molecule has 1 saturated heterocycles. The average molecular weight is 440 g/mol. The molecule has 1 atom stereocenters. The summed E-state index contributed by atoms with van der Waals surface area (Å²) in [7, 11) is 1.80. The average Bonchev–Trinajstić information content (AvgIpc) is 3.32. The smallest absolute Gasteiger partial charge is 0.191 e. The summed E-state index contributed by atoms with van der Waals surface area (Å²) in [6.07, 6.45) is 4.11. The minimum atomic E-state index is 0.142. The Hall–Kier alpha value is -2.57. The van der Waals surface area contributed by atoms with Gasteiger partial charge in [-0.2, -0.15) is 0 Å². The Morgan fingerprint density at radius 2 is 1.97 bits per heavy atom. The molecule has 0 radical (unpaired) electrons. The van der Waals surface area contributed by atoms with E-state index in [-0.39, 0.29) is 6.10 Å². The first-order valence-electron chi connectivity index (χ1n) is 11.6. The molecule has 1 unspecified atom stereocenters. The van der Waals surface area contributed by atoms with Gasteiger partial charge in [0.05, 0.1) is 19.8 Å². The molecule has 1 aliphatic heterocycles. The number of unbranched alkanes of at least 4 members (excludes halogenated alkanes) is 1. The van der Waals surface area contributed by atoms with Crippen molar-refractivity contribution in [2.75, 3.05) is 40.0 Å². The molecule has 1 aliphatic rings. The Bertz CT molecular complexity index is 820. The number of benzene rings is 2. The van der Waals surface area contributed by atoms with Gasteiger partial charge in [-0.15, -0.1) is 0 Å². The normalized spacial score (nSPS) is 16.2. The highest BCUT2D eigenvalue weighted by Gasteiger charge is 2.18. The van der Waals surface area contributed by atoms with Crippen molar-refractivity contribution in [3.05, 3.63) is 65.2 Å². The van der Waals surface area contributed by atoms with Crippen LogP contribution in [0.1, 0.15) is 36.0 Å². The van der Waals surface area contributed by atoms with Crippen molar-refractivity contribution in [1.82, 2.24) is 10.6 Å². The Labute approximate surface area is 192 Å². The van der Waals surface area contributed by atoms with E-state index in [1.807, 2.05) is 6.07 Å². The largest absolute Gasteiger partial charge is 0.488 e. The second-order valence-corrected chi connectivity index (χ2v) is 8.12. The van der Waals surface area contributed by atoms with E-state index in [9.17, 15) is 0 Å². The highest BCUT2D eigenvalue weighted by Crippen LogP contribution is 2.23. The summed E-state index contributed by atoms with van der Waals surface area (Å²) in [4.78, 5) is 4.34. The number of nitrogens with one attached hydrogen (secondary N) is 2. The van der Waals surface area contributed by atoms with Crippen LogP contribution in [0.3, 0.4) is 0 Å². The van der Waals surface area contributed by atoms with Gasteiger partial charge >= 0.3 is 0 Å². The molecule has 3 rings (SSSR count). The first-order chi connectivity index (χ1) is 15.7. The van der Waals surface area contributed by atoms with Crippen molar-refractivity contribution < 1.29 is 14.2 Å². The number of aryl methyl sites for hydroxylation is 1. The molecule has 6 heteroatoms. The number of rotatable bonds is 12. The van der Waals surface area contributed by atoms with Crippen LogP contribution in [0, 0.1) is 6.92 Å². The number of ether oxygens (including phenoxy) is 3. The van der Waals surface area contributed by atoms with Crippen molar-refractivity contribution in [2.45, 2.75) is 45.3 Å². The first kappa shape index (κ1) is 24.1. The van der Waals surface area contributed by atoms with Gasteiger partial charge in [-0.1, -0.05) is 42.5 Å². The Balaban J connectivity index is 1.31. The monoisotopic (exact) mass is 439 g/mol. The van der Waals surface area contributed by atoms with Gasteiger partial charge in [-0.3, -0.25) is 4.99 Å². The number of aliphatic imine (C=N–C) groups is 1. The van der Waals surface area contributed by atoms with Crippen LogP contribution in [-0.2, 0) is 22.4 Å². The standard InChI is InChI=1S/C26H37N3O3/c1-21-10-11-23(25(18-21)32-24-13-17-31-20-24)19-29-26(27-2)28-14-6-7-15-30-16-12-22-8-4-3-5-9-22/h3-5,8-11,18,24H,6-7,12-17,19-20H2,1-2H3,(H2,27,28,29). The quantitative estimate of drug-likeness (QED) is 0.299. The third kappa shape index (κ3) is 8.52. The fourth-order valence-electron chi connectivity index (χ4n) is 3.58. The van der Waals surface area contributed by atoms with Crippen molar-refractivity contribution in [3.63, 3.8) is 0 Å². The maximum Gasteiger partial charge on any atom is 0.191 e. The van der Waals surface area contributed by atoms with Crippen molar-refractivity contribution >= 4 is 5.96 Å². The van der Waals surface area contributed by atoms with Gasteiger partial charge in [0.25, 0.3) is 0 Å². The van der Waals surface area contributed by atoms with Crippen LogP contribution in [-0.4, -0.2) is 52.1 Å². The molecule has 174 valence electrons. The van der Waals surface area contributed by atoms with Crippen molar-refractivity contribution in [2.24, 2.45) is 4.99 Å². The maximum atomic E-state index is 6.19. The lowest BCUT2D eigenvalue weighted by Crippen LogP contribution is -2.37. The van der Waals surface area contributed by atoms with Gasteiger partial charge < -0.3 is 24.8 Å². The van der Waals surface area contributed by atoms with Gasteiger partial charge in [0.15, 0.2) is 5.96 Å². The molecular formula is C26H37N3O3. The van der Waals surface area contributed by atoms with Gasteiger partial charge in [-0.25, -0.2) is 0 Å². The first-order valence-corrected chi connectivity index (χ1v) is 11.6. The fraction of sp³-hybridized carbons (Fsp3) is 0.500. The molecule has 0 aliphatic carbocycles. The number of nitrogens with zero attached hydrogens (tertiary/aromatic N) is 1. The fourth-order valence-corrected chi connectivity index (χ4v) is 3.58. The molecule has 2 N–H and O–H groups in total. The predicted molar refractivity (Wildman–Crippen MR) is 129 cm³/mol. The third-order valence-corrected chi connectivity index (χ3v) is 5.46. The van der Waals surface area contributed by atoms with Gasteiger partial charge in [0.1, 0.15) is 11.9 Å². The van der Waals surface area contributed by atoms with E-state index in [1.54, 1.807) is 7.05 Å². The van der Waals surface area contributed by atoms with Crippen LogP contribution in [0.2, 0.25) is 0 Å². The lowest BCUT2D eigenvalue weighted by molar-refractivity contribution is 0.133. The summed E-state index contributed by atoms with van der Waals surface area (Å²) < 4.78 is 17.4. The van der Waals surface area contributed by atoms with Crippen LogP contribution in [0.4, 0.5) is 0 Å². The van der Waals surface area contributed by atoms with Gasteiger partial charge in [-0.05, 0) is 43.4 Å². The molecule has 32 heavy (non-hydrogen) atoms. The second kappa shape index (κ2) is 13.8. The second-order valence-electron chi connectivity index (χ2n) is 8.12. The van der Waals surface area contributed by atoms with Crippen molar-refractivity contribution in [1.29, 1.82) is 0 Å².